The Labute approximate surface area is 370 Å². The van der Waals surface area contributed by atoms with Gasteiger partial charge in [-0.15, -0.1) is 0 Å². The van der Waals surface area contributed by atoms with Crippen LogP contribution in [0.1, 0.15) is 220 Å². The van der Waals surface area contributed by atoms with Gasteiger partial charge in [-0.3, -0.25) is 9.59 Å². The normalized spacial score (nSPS) is 14.0. The van der Waals surface area contributed by atoms with E-state index >= 15 is 0 Å². The fourth-order valence-corrected chi connectivity index (χ4v) is 7.09. The molecule has 0 aromatic carbocycles. The van der Waals surface area contributed by atoms with Crippen LogP contribution in [0.15, 0.2) is 85.1 Å². The SMILES string of the molecule is CC/C=C/C=C/C=C\C=C/CCCC(CC(=O)NC(CO)C(O)CCCCCCCCCCCCCC)OC(=O)CCCCCCC/C=C/C=C/C=C/CCCCCCC. The summed E-state index contributed by atoms with van der Waals surface area (Å²) in [6.45, 7) is 6.28. The topological polar surface area (TPSA) is 95.9 Å². The van der Waals surface area contributed by atoms with Crippen LogP contribution in [-0.4, -0.2) is 46.9 Å². The molecule has 0 saturated heterocycles. The number of nitrogens with one attached hydrogen (secondary N) is 1. The van der Waals surface area contributed by atoms with E-state index in [1.54, 1.807) is 0 Å². The predicted molar refractivity (Wildman–Crippen MR) is 259 cm³/mol. The first-order valence-electron chi connectivity index (χ1n) is 24.9. The van der Waals surface area contributed by atoms with Gasteiger partial charge in [-0.2, -0.15) is 0 Å². The maximum Gasteiger partial charge on any atom is 0.306 e. The number of carbonyl (C=O) groups is 2. The van der Waals surface area contributed by atoms with Gasteiger partial charge >= 0.3 is 5.97 Å². The molecule has 0 radical (unpaired) electrons. The summed E-state index contributed by atoms with van der Waals surface area (Å²) in [4.78, 5) is 26.0. The van der Waals surface area contributed by atoms with Crippen LogP contribution in [0.3, 0.4) is 0 Å². The minimum absolute atomic E-state index is 0.0192. The van der Waals surface area contributed by atoms with Crippen LogP contribution >= 0.6 is 0 Å². The number of unbranched alkanes of at least 4 members (excludes halogenated alkanes) is 22. The number of hydrogen-bond donors (Lipinski definition) is 3. The number of amides is 1. The van der Waals surface area contributed by atoms with Gasteiger partial charge in [0.25, 0.3) is 0 Å². The molecule has 1 amide bonds. The number of hydrogen-bond acceptors (Lipinski definition) is 5. The van der Waals surface area contributed by atoms with Crippen molar-refractivity contribution in [1.29, 1.82) is 0 Å². The highest BCUT2D eigenvalue weighted by Crippen LogP contribution is 2.16. The van der Waals surface area contributed by atoms with Crippen molar-refractivity contribution >= 4 is 11.9 Å². The van der Waals surface area contributed by atoms with Crippen molar-refractivity contribution in [3.05, 3.63) is 85.1 Å². The van der Waals surface area contributed by atoms with E-state index in [0.717, 1.165) is 83.5 Å². The Balaban J connectivity index is 4.66. The van der Waals surface area contributed by atoms with Crippen LogP contribution in [0, 0.1) is 0 Å². The molecule has 0 aromatic heterocycles. The molecule has 0 spiro atoms. The molecule has 3 N–H and O–H groups in total. The average molecular weight is 836 g/mol. The van der Waals surface area contributed by atoms with Crippen molar-refractivity contribution in [1.82, 2.24) is 5.32 Å². The molecule has 0 aromatic rings. The number of esters is 1. The zero-order chi connectivity index (χ0) is 43.8. The summed E-state index contributed by atoms with van der Waals surface area (Å²) in [5, 5.41) is 23.7. The molecule has 0 aliphatic heterocycles. The highest BCUT2D eigenvalue weighted by atomic mass is 16.5. The fraction of sp³-hybridized carbons (Fsp3) is 0.704. The van der Waals surface area contributed by atoms with E-state index in [9.17, 15) is 19.8 Å². The van der Waals surface area contributed by atoms with Gasteiger partial charge in [-0.25, -0.2) is 0 Å². The first kappa shape index (κ1) is 57.0. The maximum atomic E-state index is 13.1. The predicted octanol–water partition coefficient (Wildman–Crippen LogP) is 14.8. The van der Waals surface area contributed by atoms with Crippen LogP contribution in [-0.2, 0) is 14.3 Å². The van der Waals surface area contributed by atoms with E-state index in [2.05, 4.69) is 74.7 Å². The largest absolute Gasteiger partial charge is 0.462 e. The first-order chi connectivity index (χ1) is 29.5. The van der Waals surface area contributed by atoms with Crippen molar-refractivity contribution in [2.24, 2.45) is 0 Å². The highest BCUT2D eigenvalue weighted by molar-refractivity contribution is 5.77. The zero-order valence-corrected chi connectivity index (χ0v) is 39.1. The summed E-state index contributed by atoms with van der Waals surface area (Å²) in [5.74, 6) is -0.571. The van der Waals surface area contributed by atoms with Crippen molar-refractivity contribution in [2.75, 3.05) is 6.61 Å². The number of aliphatic hydroxyl groups is 2. The van der Waals surface area contributed by atoms with E-state index in [-0.39, 0.29) is 24.9 Å². The standard InChI is InChI=1S/C54H93NO5/c1-4-7-10-13-16-19-22-24-25-26-27-28-29-32-35-38-41-44-47-54(59)60-50(45-42-39-36-33-30-21-18-15-12-9-6-3)48-53(58)55-51(49-56)52(57)46-43-40-37-34-31-23-20-17-14-11-8-5-2/h9,12,15,18,21-22,24-28,30,33,36,50-52,56-57H,4-8,10-11,13-14,16-17,19-20,23,29,31-32,34-35,37-49H2,1-3H3,(H,55,58)/b12-9+,18-15+,24-22+,26-25+,28-27+,30-21-,36-33-. The Morgan fingerprint density at radius 1 is 0.500 bits per heavy atom. The third-order valence-corrected chi connectivity index (χ3v) is 10.9. The molecule has 0 rings (SSSR count). The van der Waals surface area contributed by atoms with Gasteiger partial charge in [0.1, 0.15) is 6.10 Å². The Morgan fingerprint density at radius 2 is 0.917 bits per heavy atom. The quantitative estimate of drug-likeness (QED) is 0.0323. The highest BCUT2D eigenvalue weighted by Gasteiger charge is 2.24. The lowest BCUT2D eigenvalue weighted by Crippen LogP contribution is -2.46. The summed E-state index contributed by atoms with van der Waals surface area (Å²) < 4.78 is 5.87. The summed E-state index contributed by atoms with van der Waals surface area (Å²) in [6, 6.07) is -0.730. The molecule has 0 fully saturated rings. The number of ether oxygens (including phenoxy) is 1. The van der Waals surface area contributed by atoms with Crippen LogP contribution in [0.4, 0.5) is 0 Å². The number of aliphatic hydroxyl groups excluding tert-OH is 2. The van der Waals surface area contributed by atoms with Gasteiger partial charge in [0.2, 0.25) is 5.91 Å². The van der Waals surface area contributed by atoms with E-state index in [0.29, 0.717) is 19.3 Å². The third kappa shape index (κ3) is 41.8. The summed E-state index contributed by atoms with van der Waals surface area (Å²) in [6.07, 6.45) is 60.8. The average Bonchev–Trinajstić information content (AvgIpc) is 3.24. The first-order valence-corrected chi connectivity index (χ1v) is 24.9. The zero-order valence-electron chi connectivity index (χ0n) is 39.1. The molecule has 0 saturated carbocycles. The minimum Gasteiger partial charge on any atom is -0.462 e. The second kappa shape index (κ2) is 47.1. The molecule has 0 heterocycles. The van der Waals surface area contributed by atoms with Gasteiger partial charge in [-0.1, -0.05) is 228 Å². The monoisotopic (exact) mass is 836 g/mol. The summed E-state index contributed by atoms with van der Waals surface area (Å²) in [5.41, 5.74) is 0. The van der Waals surface area contributed by atoms with E-state index in [4.69, 9.17) is 4.74 Å². The molecule has 3 atom stereocenters. The second-order valence-electron chi connectivity index (χ2n) is 16.6. The smallest absolute Gasteiger partial charge is 0.306 e. The van der Waals surface area contributed by atoms with Crippen molar-refractivity contribution in [3.8, 4) is 0 Å². The summed E-state index contributed by atoms with van der Waals surface area (Å²) in [7, 11) is 0. The van der Waals surface area contributed by atoms with E-state index in [1.807, 2.05) is 36.5 Å². The Kier molecular flexibility index (Phi) is 44.8. The van der Waals surface area contributed by atoms with Crippen molar-refractivity contribution < 1.29 is 24.5 Å². The van der Waals surface area contributed by atoms with Crippen LogP contribution in [0.2, 0.25) is 0 Å². The van der Waals surface area contributed by atoms with Gasteiger partial charge in [-0.05, 0) is 64.2 Å². The Bertz CT molecular complexity index is 1160. The van der Waals surface area contributed by atoms with Crippen molar-refractivity contribution in [2.45, 2.75) is 238 Å². The number of carbonyl (C=O) groups excluding carboxylic acids is 2. The molecule has 0 aliphatic rings. The Hall–Kier alpha value is -2.96. The van der Waals surface area contributed by atoms with Gasteiger partial charge in [0.05, 0.1) is 25.2 Å². The molecule has 6 nitrogen and oxygen atoms in total. The lowest BCUT2D eigenvalue weighted by Gasteiger charge is -2.24. The molecule has 60 heavy (non-hydrogen) atoms. The van der Waals surface area contributed by atoms with Gasteiger partial charge in [0, 0.05) is 6.42 Å². The summed E-state index contributed by atoms with van der Waals surface area (Å²) >= 11 is 0. The van der Waals surface area contributed by atoms with E-state index in [1.165, 1.54) is 89.9 Å². The fourth-order valence-electron chi connectivity index (χ4n) is 7.09. The van der Waals surface area contributed by atoms with Crippen LogP contribution < -0.4 is 5.32 Å². The Morgan fingerprint density at radius 3 is 1.40 bits per heavy atom. The number of allylic oxidation sites excluding steroid dienone is 14. The maximum absolute atomic E-state index is 13.1. The lowest BCUT2D eigenvalue weighted by atomic mass is 10.0. The molecular formula is C54H93NO5. The third-order valence-electron chi connectivity index (χ3n) is 10.9. The molecule has 3 unspecified atom stereocenters. The molecule has 0 aliphatic carbocycles. The molecule has 344 valence electrons. The lowest BCUT2D eigenvalue weighted by molar-refractivity contribution is -0.151. The van der Waals surface area contributed by atoms with Crippen molar-refractivity contribution in [3.63, 3.8) is 0 Å². The molecule has 0 bridgehead atoms. The van der Waals surface area contributed by atoms with Crippen LogP contribution in [0.25, 0.3) is 0 Å². The second-order valence-corrected chi connectivity index (χ2v) is 16.6. The van der Waals surface area contributed by atoms with Gasteiger partial charge in [0.15, 0.2) is 0 Å². The van der Waals surface area contributed by atoms with Crippen LogP contribution in [0.5, 0.6) is 0 Å². The molecular weight excluding hydrogens is 743 g/mol. The minimum atomic E-state index is -0.811. The van der Waals surface area contributed by atoms with E-state index < -0.39 is 18.2 Å². The number of rotatable bonds is 43. The van der Waals surface area contributed by atoms with Gasteiger partial charge < -0.3 is 20.3 Å². The molecule has 6 heteroatoms.